The maximum absolute atomic E-state index is 6.26. The maximum atomic E-state index is 6.26. The molecule has 1 saturated carbocycles. The Hall–Kier alpha value is -0.715. The first-order valence-corrected chi connectivity index (χ1v) is 7.15. The molecule has 0 saturated heterocycles. The molecule has 0 aliphatic heterocycles. The van der Waals surface area contributed by atoms with Crippen molar-refractivity contribution in [2.45, 2.75) is 25.7 Å². The van der Waals surface area contributed by atoms with Gasteiger partial charge in [0.05, 0.1) is 0 Å². The minimum Gasteiger partial charge on any atom is -0.118 e. The summed E-state index contributed by atoms with van der Waals surface area (Å²) in [6, 6.07) is 0. The first-order valence-electron chi connectivity index (χ1n) is 7.15. The molecular weight excluding hydrogens is 203 g/mol. The zero-order valence-electron chi connectivity index (χ0n) is 10.3. The van der Waals surface area contributed by atoms with E-state index in [2.05, 4.69) is 30.4 Å². The Balaban J connectivity index is 1.80. The molecule has 4 aliphatic carbocycles. The standard InChI is InChI=1S/C16H19B/c17-14-9-7-12-5-4-10-2-1-3-11-6-8-13(14)16(12)15(10)11/h1-2,4-5,9-13,15-16H,3,6-8H2. The van der Waals surface area contributed by atoms with E-state index in [-0.39, 0.29) is 0 Å². The van der Waals surface area contributed by atoms with Crippen LogP contribution in [0, 0.1) is 35.5 Å². The summed E-state index contributed by atoms with van der Waals surface area (Å²) in [6.07, 6.45) is 17.4. The van der Waals surface area contributed by atoms with Crippen LogP contribution in [0.4, 0.5) is 0 Å². The fourth-order valence-corrected chi connectivity index (χ4v) is 4.97. The van der Waals surface area contributed by atoms with E-state index in [0.717, 1.165) is 23.7 Å². The Labute approximate surface area is 105 Å². The first-order chi connectivity index (χ1) is 8.34. The van der Waals surface area contributed by atoms with Gasteiger partial charge in [0.2, 0.25) is 0 Å². The Morgan fingerprint density at radius 3 is 2.88 bits per heavy atom. The second-order valence-corrected chi connectivity index (χ2v) is 6.33. The lowest BCUT2D eigenvalue weighted by atomic mass is 9.49. The molecule has 6 unspecified atom stereocenters. The molecular formula is C16H19B. The summed E-state index contributed by atoms with van der Waals surface area (Å²) in [5.41, 5.74) is 1.20. The van der Waals surface area contributed by atoms with Crippen molar-refractivity contribution in [1.29, 1.82) is 0 Å². The molecule has 1 heteroatoms. The predicted octanol–water partition coefficient (Wildman–Crippen LogP) is 3.46. The van der Waals surface area contributed by atoms with E-state index in [1.165, 1.54) is 31.2 Å². The Bertz CT molecular complexity index is 417. The van der Waals surface area contributed by atoms with Crippen LogP contribution in [0.25, 0.3) is 0 Å². The minimum atomic E-state index is 0.689. The molecule has 0 spiro atoms. The highest BCUT2D eigenvalue weighted by Crippen LogP contribution is 2.56. The van der Waals surface area contributed by atoms with Crippen LogP contribution < -0.4 is 0 Å². The average molecular weight is 222 g/mol. The average Bonchev–Trinajstić information content (AvgIpc) is 2.38. The smallest absolute Gasteiger partial charge is 0.107 e. The van der Waals surface area contributed by atoms with Crippen molar-refractivity contribution < 1.29 is 0 Å². The van der Waals surface area contributed by atoms with Gasteiger partial charge >= 0.3 is 0 Å². The van der Waals surface area contributed by atoms with E-state index in [1.807, 2.05) is 0 Å². The van der Waals surface area contributed by atoms with Crippen molar-refractivity contribution in [2.24, 2.45) is 35.5 Å². The molecule has 17 heavy (non-hydrogen) atoms. The largest absolute Gasteiger partial charge is 0.118 e. The molecule has 0 amide bonds. The summed E-state index contributed by atoms with van der Waals surface area (Å²) < 4.78 is 0. The normalized spacial score (nSPS) is 50.7. The third-order valence-corrected chi connectivity index (χ3v) is 5.67. The number of hydrogen-bond acceptors (Lipinski definition) is 0. The van der Waals surface area contributed by atoms with E-state index < -0.39 is 0 Å². The van der Waals surface area contributed by atoms with Crippen molar-refractivity contribution in [2.75, 3.05) is 0 Å². The van der Waals surface area contributed by atoms with Gasteiger partial charge in [-0.05, 0) is 61.2 Å². The summed E-state index contributed by atoms with van der Waals surface area (Å²) in [5, 5.41) is 0. The molecule has 86 valence electrons. The highest BCUT2D eigenvalue weighted by molar-refractivity contribution is 6.22. The van der Waals surface area contributed by atoms with Crippen molar-refractivity contribution in [3.63, 3.8) is 0 Å². The lowest BCUT2D eigenvalue weighted by molar-refractivity contribution is 0.0406. The molecule has 0 aromatic carbocycles. The van der Waals surface area contributed by atoms with E-state index in [1.54, 1.807) is 0 Å². The molecule has 2 radical (unpaired) electrons. The SMILES string of the molecule is [B]C1=CCC2C=CC3C=CCC4CCC1C2C34. The van der Waals surface area contributed by atoms with Gasteiger partial charge in [0, 0.05) is 0 Å². The van der Waals surface area contributed by atoms with Crippen LogP contribution in [-0.4, -0.2) is 7.85 Å². The second-order valence-electron chi connectivity index (χ2n) is 6.33. The van der Waals surface area contributed by atoms with Crippen molar-refractivity contribution >= 4 is 7.85 Å². The molecule has 0 aromatic heterocycles. The predicted molar refractivity (Wildman–Crippen MR) is 71.5 cm³/mol. The van der Waals surface area contributed by atoms with Gasteiger partial charge in [-0.3, -0.25) is 0 Å². The zero-order valence-corrected chi connectivity index (χ0v) is 10.3. The summed E-state index contributed by atoms with van der Waals surface area (Å²) in [4.78, 5) is 0. The molecule has 6 atom stereocenters. The molecule has 0 nitrogen and oxygen atoms in total. The van der Waals surface area contributed by atoms with Crippen LogP contribution in [-0.2, 0) is 0 Å². The van der Waals surface area contributed by atoms with Gasteiger partial charge in [-0.1, -0.05) is 30.4 Å². The molecule has 0 heterocycles. The molecule has 0 aromatic rings. The third-order valence-electron chi connectivity index (χ3n) is 5.67. The fraction of sp³-hybridized carbons (Fsp3) is 0.625. The van der Waals surface area contributed by atoms with Crippen LogP contribution in [0.3, 0.4) is 0 Å². The third kappa shape index (κ3) is 1.38. The van der Waals surface area contributed by atoms with Gasteiger partial charge in [0.1, 0.15) is 7.85 Å². The number of hydrogen-bond donors (Lipinski definition) is 0. The van der Waals surface area contributed by atoms with Crippen LogP contribution in [0.1, 0.15) is 25.7 Å². The fourth-order valence-electron chi connectivity index (χ4n) is 4.97. The monoisotopic (exact) mass is 222 g/mol. The topological polar surface area (TPSA) is 0 Å². The highest BCUT2D eigenvalue weighted by Gasteiger charge is 2.48. The van der Waals surface area contributed by atoms with Crippen molar-refractivity contribution in [3.05, 3.63) is 35.9 Å². The lowest BCUT2D eigenvalue weighted by Crippen LogP contribution is -2.46. The van der Waals surface area contributed by atoms with E-state index in [9.17, 15) is 0 Å². The summed E-state index contributed by atoms with van der Waals surface area (Å²) in [6.45, 7) is 0. The van der Waals surface area contributed by atoms with E-state index in [4.69, 9.17) is 7.85 Å². The highest BCUT2D eigenvalue weighted by atomic mass is 14.5. The van der Waals surface area contributed by atoms with Gasteiger partial charge in [-0.25, -0.2) is 0 Å². The zero-order chi connectivity index (χ0) is 11.4. The van der Waals surface area contributed by atoms with Gasteiger partial charge in [-0.2, -0.15) is 0 Å². The van der Waals surface area contributed by atoms with E-state index >= 15 is 0 Å². The second kappa shape index (κ2) is 3.64. The van der Waals surface area contributed by atoms with Crippen LogP contribution in [0.15, 0.2) is 35.9 Å². The lowest BCUT2D eigenvalue weighted by Gasteiger charge is -2.53. The maximum Gasteiger partial charge on any atom is 0.107 e. The summed E-state index contributed by atoms with van der Waals surface area (Å²) in [5.74, 6) is 4.85. The molecule has 0 N–H and O–H groups in total. The van der Waals surface area contributed by atoms with Crippen LogP contribution in [0.2, 0.25) is 0 Å². The van der Waals surface area contributed by atoms with E-state index in [0.29, 0.717) is 11.8 Å². The summed E-state index contributed by atoms with van der Waals surface area (Å²) in [7, 11) is 6.26. The number of rotatable bonds is 0. The van der Waals surface area contributed by atoms with Gasteiger partial charge in [-0.15, -0.1) is 5.47 Å². The van der Waals surface area contributed by atoms with Crippen LogP contribution in [0.5, 0.6) is 0 Å². The molecule has 0 bridgehead atoms. The van der Waals surface area contributed by atoms with Crippen LogP contribution >= 0.6 is 0 Å². The first kappa shape index (κ1) is 10.2. The van der Waals surface area contributed by atoms with Gasteiger partial charge < -0.3 is 0 Å². The van der Waals surface area contributed by atoms with Gasteiger partial charge in [0.15, 0.2) is 0 Å². The van der Waals surface area contributed by atoms with Gasteiger partial charge in [0.25, 0.3) is 0 Å². The number of allylic oxidation sites excluding steroid dienone is 6. The Morgan fingerprint density at radius 1 is 1.00 bits per heavy atom. The van der Waals surface area contributed by atoms with Crippen molar-refractivity contribution in [3.8, 4) is 0 Å². The molecule has 4 rings (SSSR count). The Kier molecular flexibility index (Phi) is 2.19. The Morgan fingerprint density at radius 2 is 1.94 bits per heavy atom. The van der Waals surface area contributed by atoms with Crippen molar-refractivity contribution in [1.82, 2.24) is 0 Å². The summed E-state index contributed by atoms with van der Waals surface area (Å²) >= 11 is 0. The molecule has 4 aliphatic rings. The minimum absolute atomic E-state index is 0.689. The quantitative estimate of drug-likeness (QED) is 0.435. The molecule has 1 fully saturated rings.